The minimum Gasteiger partial charge on any atom is -0.463 e. The van der Waals surface area contributed by atoms with Gasteiger partial charge in [0.15, 0.2) is 11.5 Å². The van der Waals surface area contributed by atoms with E-state index in [1.165, 1.54) is 5.56 Å². The summed E-state index contributed by atoms with van der Waals surface area (Å²) >= 11 is 0. The number of nitrogen functional groups attached to an aromatic ring is 1. The third kappa shape index (κ3) is 5.37. The fraction of sp³-hybridized carbons (Fsp3) is 0.476. The van der Waals surface area contributed by atoms with Crippen LogP contribution in [-0.4, -0.2) is 58.3 Å². The number of anilines is 1. The van der Waals surface area contributed by atoms with Crippen molar-refractivity contribution in [2.24, 2.45) is 0 Å². The summed E-state index contributed by atoms with van der Waals surface area (Å²) in [6, 6.07) is 8.38. The summed E-state index contributed by atoms with van der Waals surface area (Å²) < 4.78 is 12.3. The lowest BCUT2D eigenvalue weighted by Gasteiger charge is -2.16. The number of methoxy groups -OCH3 is 1. The SMILES string of the molecule is CCCCOc1nc(N)c2[nH]c(=O)n(Cc3ccc(CN(C)CCOC)cc3)c2n1. The van der Waals surface area contributed by atoms with Crippen LogP contribution in [-0.2, 0) is 17.8 Å². The quantitative estimate of drug-likeness (QED) is 0.462. The molecule has 30 heavy (non-hydrogen) atoms. The molecule has 0 amide bonds. The van der Waals surface area contributed by atoms with Gasteiger partial charge in [0.05, 0.1) is 19.8 Å². The summed E-state index contributed by atoms with van der Waals surface area (Å²) in [6.07, 6.45) is 1.90. The highest BCUT2D eigenvalue weighted by atomic mass is 16.5. The summed E-state index contributed by atoms with van der Waals surface area (Å²) in [5.41, 5.74) is 8.80. The van der Waals surface area contributed by atoms with Crippen molar-refractivity contribution in [3.05, 3.63) is 45.9 Å². The molecule has 1 aromatic carbocycles. The van der Waals surface area contributed by atoms with Crippen molar-refractivity contribution in [3.63, 3.8) is 0 Å². The number of ether oxygens (including phenoxy) is 2. The Bertz CT molecular complexity index is 1010. The highest BCUT2D eigenvalue weighted by Gasteiger charge is 2.15. The minimum atomic E-state index is -0.278. The van der Waals surface area contributed by atoms with Crippen LogP contribution in [0.1, 0.15) is 30.9 Å². The van der Waals surface area contributed by atoms with Crippen LogP contribution in [0.25, 0.3) is 11.2 Å². The smallest absolute Gasteiger partial charge is 0.328 e. The Balaban J connectivity index is 1.77. The van der Waals surface area contributed by atoms with E-state index in [-0.39, 0.29) is 17.5 Å². The van der Waals surface area contributed by atoms with Crippen LogP contribution in [0.4, 0.5) is 5.82 Å². The molecule has 0 saturated heterocycles. The van der Waals surface area contributed by atoms with Crippen molar-refractivity contribution in [1.82, 2.24) is 24.4 Å². The van der Waals surface area contributed by atoms with Gasteiger partial charge >= 0.3 is 11.7 Å². The number of aromatic nitrogens is 4. The third-order valence-electron chi connectivity index (χ3n) is 4.85. The standard InChI is InChI=1S/C21H30N6O3/c1-4-5-11-30-20-24-18(22)17-19(25-20)27(21(28)23-17)14-16-8-6-15(7-9-16)13-26(2)10-12-29-3/h6-9H,4-5,10-14H2,1-3H3,(H,23,28)(H2,22,24,25). The zero-order valence-corrected chi connectivity index (χ0v) is 17.9. The van der Waals surface area contributed by atoms with Crippen LogP contribution < -0.4 is 16.2 Å². The second-order valence-corrected chi connectivity index (χ2v) is 7.36. The van der Waals surface area contributed by atoms with Crippen molar-refractivity contribution in [2.75, 3.05) is 39.6 Å². The molecule has 0 saturated carbocycles. The van der Waals surface area contributed by atoms with Crippen molar-refractivity contribution in [1.29, 1.82) is 0 Å². The molecule has 0 unspecified atom stereocenters. The topological polar surface area (TPSA) is 111 Å². The molecule has 162 valence electrons. The fourth-order valence-electron chi connectivity index (χ4n) is 3.12. The zero-order valence-electron chi connectivity index (χ0n) is 17.9. The van der Waals surface area contributed by atoms with Gasteiger partial charge in [-0.15, -0.1) is 0 Å². The number of nitrogens with two attached hydrogens (primary N) is 1. The van der Waals surface area contributed by atoms with Crippen LogP contribution in [0.2, 0.25) is 0 Å². The lowest BCUT2D eigenvalue weighted by atomic mass is 10.1. The number of unbranched alkanes of at least 4 members (excludes halogenated alkanes) is 1. The molecule has 9 nitrogen and oxygen atoms in total. The molecule has 2 aromatic heterocycles. The maximum atomic E-state index is 12.5. The van der Waals surface area contributed by atoms with Crippen LogP contribution in [0.3, 0.4) is 0 Å². The van der Waals surface area contributed by atoms with Gasteiger partial charge in [-0.3, -0.25) is 9.47 Å². The van der Waals surface area contributed by atoms with Gasteiger partial charge in [0.2, 0.25) is 0 Å². The van der Waals surface area contributed by atoms with Crippen molar-refractivity contribution in [3.8, 4) is 6.01 Å². The number of fused-ring (bicyclic) bond motifs is 1. The summed E-state index contributed by atoms with van der Waals surface area (Å²) in [5.74, 6) is 0.205. The molecule has 3 aromatic rings. The van der Waals surface area contributed by atoms with E-state index in [1.54, 1.807) is 11.7 Å². The molecule has 0 spiro atoms. The van der Waals surface area contributed by atoms with Gasteiger partial charge in [-0.2, -0.15) is 9.97 Å². The number of likely N-dealkylation sites (N-methyl/N-ethyl adjacent to an activating group) is 1. The second kappa shape index (κ2) is 10.2. The van der Waals surface area contributed by atoms with Crippen molar-refractivity contribution in [2.45, 2.75) is 32.9 Å². The van der Waals surface area contributed by atoms with Gasteiger partial charge in [-0.25, -0.2) is 4.79 Å². The number of nitrogens with one attached hydrogen (secondary N) is 1. The monoisotopic (exact) mass is 414 g/mol. The molecule has 0 aliphatic rings. The Morgan fingerprint density at radius 3 is 2.60 bits per heavy atom. The average molecular weight is 415 g/mol. The van der Waals surface area contributed by atoms with E-state index >= 15 is 0 Å². The summed E-state index contributed by atoms with van der Waals surface area (Å²) in [6.45, 7) is 5.37. The van der Waals surface area contributed by atoms with Gasteiger partial charge in [-0.05, 0) is 24.6 Å². The first-order valence-corrected chi connectivity index (χ1v) is 10.2. The summed E-state index contributed by atoms with van der Waals surface area (Å²) in [5, 5.41) is 0. The largest absolute Gasteiger partial charge is 0.463 e. The Morgan fingerprint density at radius 2 is 1.90 bits per heavy atom. The van der Waals surface area contributed by atoms with E-state index in [9.17, 15) is 4.79 Å². The molecule has 3 rings (SSSR count). The second-order valence-electron chi connectivity index (χ2n) is 7.36. The van der Waals surface area contributed by atoms with Crippen LogP contribution in [0.15, 0.2) is 29.1 Å². The average Bonchev–Trinajstić information content (AvgIpc) is 3.04. The van der Waals surface area contributed by atoms with E-state index < -0.39 is 0 Å². The maximum absolute atomic E-state index is 12.5. The molecule has 0 aliphatic carbocycles. The molecule has 0 aliphatic heterocycles. The van der Waals surface area contributed by atoms with Crippen molar-refractivity contribution >= 4 is 17.0 Å². The van der Waals surface area contributed by atoms with E-state index in [1.807, 2.05) is 12.1 Å². The number of imidazole rings is 1. The molecule has 0 radical (unpaired) electrons. The highest BCUT2D eigenvalue weighted by Crippen LogP contribution is 2.19. The molecular weight excluding hydrogens is 384 g/mol. The number of H-pyrrole nitrogens is 1. The fourth-order valence-corrected chi connectivity index (χ4v) is 3.12. The number of hydrogen-bond donors (Lipinski definition) is 2. The van der Waals surface area contributed by atoms with Gasteiger partial charge < -0.3 is 20.2 Å². The number of benzene rings is 1. The first-order valence-electron chi connectivity index (χ1n) is 10.2. The Hall–Kier alpha value is -2.91. The van der Waals surface area contributed by atoms with E-state index in [0.717, 1.165) is 31.5 Å². The molecule has 0 bridgehead atoms. The summed E-state index contributed by atoms with van der Waals surface area (Å²) in [7, 11) is 3.76. The van der Waals surface area contributed by atoms with Crippen LogP contribution in [0.5, 0.6) is 6.01 Å². The number of rotatable bonds is 11. The van der Waals surface area contributed by atoms with Crippen LogP contribution >= 0.6 is 0 Å². The molecule has 2 heterocycles. The Kier molecular flexibility index (Phi) is 7.42. The number of hydrogen-bond acceptors (Lipinski definition) is 7. The highest BCUT2D eigenvalue weighted by molar-refractivity contribution is 5.81. The number of nitrogens with zero attached hydrogens (tertiary/aromatic N) is 4. The molecule has 0 fully saturated rings. The van der Waals surface area contributed by atoms with Gasteiger partial charge in [-0.1, -0.05) is 37.6 Å². The van der Waals surface area contributed by atoms with Crippen LogP contribution in [0, 0.1) is 0 Å². The first kappa shape index (κ1) is 21.8. The predicted octanol–water partition coefficient (Wildman–Crippen LogP) is 2.01. The minimum absolute atomic E-state index is 0.190. The number of aromatic amines is 1. The third-order valence-corrected chi connectivity index (χ3v) is 4.85. The Labute approximate surface area is 175 Å². The molecular formula is C21H30N6O3. The van der Waals surface area contributed by atoms with E-state index in [4.69, 9.17) is 15.2 Å². The zero-order chi connectivity index (χ0) is 21.5. The van der Waals surface area contributed by atoms with Gasteiger partial charge in [0, 0.05) is 20.2 Å². The van der Waals surface area contributed by atoms with E-state index in [2.05, 4.69) is 46.0 Å². The Morgan fingerprint density at radius 1 is 1.17 bits per heavy atom. The molecule has 0 atom stereocenters. The predicted molar refractivity (Wildman–Crippen MR) is 117 cm³/mol. The summed E-state index contributed by atoms with van der Waals surface area (Å²) in [4.78, 5) is 26.0. The molecule has 9 heteroatoms. The van der Waals surface area contributed by atoms with E-state index in [0.29, 0.717) is 30.9 Å². The van der Waals surface area contributed by atoms with Gasteiger partial charge in [0.1, 0.15) is 5.52 Å². The van der Waals surface area contributed by atoms with Crippen molar-refractivity contribution < 1.29 is 9.47 Å². The molecule has 3 N–H and O–H groups in total. The van der Waals surface area contributed by atoms with Gasteiger partial charge in [0.25, 0.3) is 0 Å². The normalized spacial score (nSPS) is 11.5. The maximum Gasteiger partial charge on any atom is 0.328 e. The lowest BCUT2D eigenvalue weighted by molar-refractivity contribution is 0.158. The lowest BCUT2D eigenvalue weighted by Crippen LogP contribution is -2.22. The first-order chi connectivity index (χ1) is 14.5.